The third-order valence-corrected chi connectivity index (χ3v) is 1.76. The lowest BCUT2D eigenvalue weighted by molar-refractivity contribution is -0.136. The Morgan fingerprint density at radius 1 is 1.64 bits per heavy atom. The maximum Gasteiger partial charge on any atom is 0.251 e. The molecule has 11 heavy (non-hydrogen) atoms. The average Bonchev–Trinajstić information content (AvgIpc) is 1.86. The molecule has 4 heteroatoms. The van der Waals surface area contributed by atoms with E-state index in [4.69, 9.17) is 5.11 Å². The molecule has 0 bridgehead atoms. The fraction of sp³-hybridized carbons (Fsp3) is 0.857. The quantitative estimate of drug-likeness (QED) is 0.605. The second-order valence-electron chi connectivity index (χ2n) is 2.81. The van der Waals surface area contributed by atoms with Crippen molar-refractivity contribution in [3.63, 3.8) is 0 Å². The molecule has 0 rings (SSSR count). The number of rotatable bonds is 4. The van der Waals surface area contributed by atoms with Gasteiger partial charge in [-0.15, -0.1) is 0 Å². The van der Waals surface area contributed by atoms with Gasteiger partial charge in [0.2, 0.25) is 0 Å². The van der Waals surface area contributed by atoms with E-state index in [1.807, 2.05) is 6.26 Å². The summed E-state index contributed by atoms with van der Waals surface area (Å²) in [6, 6.07) is 0. The van der Waals surface area contributed by atoms with Crippen LogP contribution in [0.3, 0.4) is 0 Å². The van der Waals surface area contributed by atoms with Crippen molar-refractivity contribution < 1.29 is 9.90 Å². The zero-order chi connectivity index (χ0) is 8.91. The molecule has 0 aromatic rings. The topological polar surface area (TPSA) is 49.3 Å². The average molecular weight is 177 g/mol. The van der Waals surface area contributed by atoms with Gasteiger partial charge in [-0.25, -0.2) is 0 Å². The molecule has 0 aromatic carbocycles. The van der Waals surface area contributed by atoms with Gasteiger partial charge in [-0.3, -0.25) is 4.79 Å². The maximum atomic E-state index is 11.0. The highest BCUT2D eigenvalue weighted by molar-refractivity contribution is 7.98. The summed E-state index contributed by atoms with van der Waals surface area (Å²) in [5.74, 6) is 0.563. The van der Waals surface area contributed by atoms with Crippen LogP contribution in [0.5, 0.6) is 0 Å². The van der Waals surface area contributed by atoms with Gasteiger partial charge in [0.25, 0.3) is 5.91 Å². The van der Waals surface area contributed by atoms with Crippen molar-refractivity contribution in [2.75, 3.05) is 18.6 Å². The van der Waals surface area contributed by atoms with Crippen LogP contribution in [0.15, 0.2) is 0 Å². The molecule has 1 amide bonds. The summed E-state index contributed by atoms with van der Waals surface area (Å²) in [6.07, 6.45) is 1.97. The Bertz CT molecular complexity index is 131. The fourth-order valence-corrected chi connectivity index (χ4v) is 0.789. The summed E-state index contributed by atoms with van der Waals surface area (Å²) in [7, 11) is 0. The minimum Gasteiger partial charge on any atom is -0.381 e. The summed E-state index contributed by atoms with van der Waals surface area (Å²) in [4.78, 5) is 11.0. The van der Waals surface area contributed by atoms with Crippen molar-refractivity contribution in [1.29, 1.82) is 0 Å². The van der Waals surface area contributed by atoms with Gasteiger partial charge in [0.15, 0.2) is 0 Å². The van der Waals surface area contributed by atoms with E-state index in [9.17, 15) is 4.79 Å². The van der Waals surface area contributed by atoms with Crippen LogP contribution in [0.25, 0.3) is 0 Å². The molecule has 0 unspecified atom stereocenters. The van der Waals surface area contributed by atoms with Gasteiger partial charge in [-0.05, 0) is 20.1 Å². The molecular weight excluding hydrogens is 162 g/mol. The standard InChI is InChI=1S/C7H15NO2S/c1-7(2,10)6(9)8-4-5-11-3/h10H,4-5H2,1-3H3,(H,8,9). The number of thioether (sulfide) groups is 1. The largest absolute Gasteiger partial charge is 0.381 e. The van der Waals surface area contributed by atoms with Crippen molar-refractivity contribution in [3.8, 4) is 0 Å². The molecule has 66 valence electrons. The Kier molecular flexibility index (Phi) is 4.52. The minimum atomic E-state index is -1.25. The van der Waals surface area contributed by atoms with Crippen LogP contribution in [0.4, 0.5) is 0 Å². The van der Waals surface area contributed by atoms with Crippen LogP contribution in [0.2, 0.25) is 0 Å². The van der Waals surface area contributed by atoms with Gasteiger partial charge >= 0.3 is 0 Å². The molecule has 0 saturated carbocycles. The van der Waals surface area contributed by atoms with Gasteiger partial charge in [-0.2, -0.15) is 11.8 Å². The van der Waals surface area contributed by atoms with Gasteiger partial charge in [0, 0.05) is 12.3 Å². The van der Waals surface area contributed by atoms with Gasteiger partial charge < -0.3 is 10.4 Å². The molecule has 0 saturated heterocycles. The molecule has 0 aromatic heterocycles. The van der Waals surface area contributed by atoms with Crippen molar-refractivity contribution in [1.82, 2.24) is 5.32 Å². The summed E-state index contributed by atoms with van der Waals surface area (Å²) >= 11 is 1.66. The first kappa shape index (κ1) is 10.8. The second-order valence-corrected chi connectivity index (χ2v) is 3.79. The number of aliphatic hydroxyl groups is 1. The molecule has 0 radical (unpaired) electrons. The van der Waals surface area contributed by atoms with E-state index in [2.05, 4.69) is 5.32 Å². The van der Waals surface area contributed by atoms with E-state index in [1.165, 1.54) is 13.8 Å². The van der Waals surface area contributed by atoms with Crippen LogP contribution in [-0.4, -0.2) is 35.2 Å². The lowest BCUT2D eigenvalue weighted by atomic mass is 10.1. The van der Waals surface area contributed by atoms with Crippen LogP contribution < -0.4 is 5.32 Å². The third kappa shape index (κ3) is 5.09. The summed E-state index contributed by atoms with van der Waals surface area (Å²) in [5, 5.41) is 11.8. The second kappa shape index (κ2) is 4.62. The molecule has 0 spiro atoms. The van der Waals surface area contributed by atoms with E-state index in [0.29, 0.717) is 6.54 Å². The molecule has 0 fully saturated rings. The monoisotopic (exact) mass is 177 g/mol. The van der Waals surface area contributed by atoms with Gasteiger partial charge in [-0.1, -0.05) is 0 Å². The summed E-state index contributed by atoms with van der Waals surface area (Å²) in [6.45, 7) is 3.56. The number of nitrogens with one attached hydrogen (secondary N) is 1. The highest BCUT2D eigenvalue weighted by Crippen LogP contribution is 1.99. The SMILES string of the molecule is CSCCNC(=O)C(C)(C)O. The number of carbonyl (C=O) groups is 1. The van der Waals surface area contributed by atoms with Crippen LogP contribution in [0, 0.1) is 0 Å². The normalized spacial score (nSPS) is 11.3. The number of hydrogen-bond donors (Lipinski definition) is 2. The van der Waals surface area contributed by atoms with Gasteiger partial charge in [0.05, 0.1) is 0 Å². The van der Waals surface area contributed by atoms with Crippen molar-refractivity contribution in [2.45, 2.75) is 19.4 Å². The van der Waals surface area contributed by atoms with E-state index in [-0.39, 0.29) is 5.91 Å². The van der Waals surface area contributed by atoms with E-state index in [1.54, 1.807) is 11.8 Å². The number of amides is 1. The smallest absolute Gasteiger partial charge is 0.251 e. The Labute approximate surface area is 71.6 Å². The maximum absolute atomic E-state index is 11.0. The fourth-order valence-electron chi connectivity index (χ4n) is 0.483. The molecule has 0 aliphatic heterocycles. The van der Waals surface area contributed by atoms with Crippen LogP contribution >= 0.6 is 11.8 Å². The Balaban J connectivity index is 3.54. The minimum absolute atomic E-state index is 0.313. The lowest BCUT2D eigenvalue weighted by Crippen LogP contribution is -2.42. The first-order valence-electron chi connectivity index (χ1n) is 3.48. The highest BCUT2D eigenvalue weighted by Gasteiger charge is 2.22. The molecule has 3 nitrogen and oxygen atoms in total. The molecule has 0 aliphatic rings. The third-order valence-electron chi connectivity index (χ3n) is 1.15. The Morgan fingerprint density at radius 2 is 2.18 bits per heavy atom. The zero-order valence-electron chi connectivity index (χ0n) is 7.18. The molecule has 0 heterocycles. The Morgan fingerprint density at radius 3 is 2.55 bits per heavy atom. The molecule has 2 N–H and O–H groups in total. The summed E-state index contributed by atoms with van der Waals surface area (Å²) in [5.41, 5.74) is -1.25. The molecule has 0 atom stereocenters. The lowest BCUT2D eigenvalue weighted by Gasteiger charge is -2.15. The molecular formula is C7H15NO2S. The first-order valence-corrected chi connectivity index (χ1v) is 4.87. The Hall–Kier alpha value is -0.220. The molecule has 0 aliphatic carbocycles. The van der Waals surface area contributed by atoms with E-state index in [0.717, 1.165) is 5.75 Å². The van der Waals surface area contributed by atoms with Gasteiger partial charge in [0.1, 0.15) is 5.60 Å². The predicted octanol–water partition coefficient (Wildman–Crippen LogP) is 0.236. The van der Waals surface area contributed by atoms with E-state index < -0.39 is 5.60 Å². The van der Waals surface area contributed by atoms with Crippen LogP contribution in [-0.2, 0) is 4.79 Å². The van der Waals surface area contributed by atoms with Crippen molar-refractivity contribution in [2.24, 2.45) is 0 Å². The van der Waals surface area contributed by atoms with E-state index >= 15 is 0 Å². The highest BCUT2D eigenvalue weighted by atomic mass is 32.2. The first-order chi connectivity index (χ1) is 4.98. The van der Waals surface area contributed by atoms with Crippen molar-refractivity contribution >= 4 is 17.7 Å². The predicted molar refractivity (Wildman–Crippen MR) is 47.7 cm³/mol. The zero-order valence-corrected chi connectivity index (χ0v) is 7.99. The summed E-state index contributed by atoms with van der Waals surface area (Å²) < 4.78 is 0. The van der Waals surface area contributed by atoms with Crippen LogP contribution in [0.1, 0.15) is 13.8 Å². The van der Waals surface area contributed by atoms with Crippen molar-refractivity contribution in [3.05, 3.63) is 0 Å². The number of carbonyl (C=O) groups excluding carboxylic acids is 1. The number of hydrogen-bond acceptors (Lipinski definition) is 3.